The van der Waals surface area contributed by atoms with Gasteiger partial charge in [0.15, 0.2) is 0 Å². The molecule has 0 aliphatic rings. The number of carbonyl (C=O) groups is 1. The summed E-state index contributed by atoms with van der Waals surface area (Å²) in [4.78, 5) is 19.0. The van der Waals surface area contributed by atoms with E-state index in [1.807, 2.05) is 0 Å². The first kappa shape index (κ1) is 13.4. The van der Waals surface area contributed by atoms with Crippen molar-refractivity contribution >= 4 is 11.7 Å². The molecule has 1 heterocycles. The highest BCUT2D eigenvalue weighted by Crippen LogP contribution is 2.16. The molecule has 1 amide bonds. The van der Waals surface area contributed by atoms with Gasteiger partial charge in [0.25, 0.3) is 0 Å². The molecular formula is C12H19N3O2. The summed E-state index contributed by atoms with van der Waals surface area (Å²) >= 11 is 0. The van der Waals surface area contributed by atoms with Crippen molar-refractivity contribution in [3.05, 3.63) is 23.9 Å². The van der Waals surface area contributed by atoms with Crippen LogP contribution in [0.1, 0.15) is 18.6 Å². The van der Waals surface area contributed by atoms with Crippen molar-refractivity contribution in [2.75, 3.05) is 32.6 Å². The first-order valence-corrected chi connectivity index (χ1v) is 5.47. The Labute approximate surface area is 102 Å². The molecule has 0 saturated carbocycles. The summed E-state index contributed by atoms with van der Waals surface area (Å²) in [5.41, 5.74) is 0.791. The Kier molecular flexibility index (Phi) is 4.45. The SMILES string of the molecule is C[C@H](O)c1ccnc(N(C)CC(=O)N(C)C)c1. The van der Waals surface area contributed by atoms with Crippen LogP contribution in [0.2, 0.25) is 0 Å². The number of likely N-dealkylation sites (N-methyl/N-ethyl adjacent to an activating group) is 2. The molecule has 0 radical (unpaired) electrons. The number of aliphatic hydroxyl groups excluding tert-OH is 1. The van der Waals surface area contributed by atoms with Crippen LogP contribution < -0.4 is 4.90 Å². The molecule has 0 aliphatic carbocycles. The Balaban J connectivity index is 2.78. The molecule has 1 aromatic rings. The highest BCUT2D eigenvalue weighted by Gasteiger charge is 2.11. The lowest BCUT2D eigenvalue weighted by atomic mass is 10.2. The van der Waals surface area contributed by atoms with Crippen molar-refractivity contribution < 1.29 is 9.90 Å². The van der Waals surface area contributed by atoms with Crippen LogP contribution in [0.5, 0.6) is 0 Å². The zero-order valence-corrected chi connectivity index (χ0v) is 10.7. The Morgan fingerprint density at radius 3 is 2.65 bits per heavy atom. The second kappa shape index (κ2) is 5.63. The van der Waals surface area contributed by atoms with E-state index in [-0.39, 0.29) is 12.5 Å². The molecule has 1 rings (SSSR count). The Hall–Kier alpha value is -1.62. The molecule has 5 heteroatoms. The van der Waals surface area contributed by atoms with Crippen molar-refractivity contribution in [1.82, 2.24) is 9.88 Å². The van der Waals surface area contributed by atoms with Crippen LogP contribution in [-0.4, -0.2) is 48.6 Å². The fourth-order valence-electron chi connectivity index (χ4n) is 1.33. The number of nitrogens with zero attached hydrogens (tertiary/aromatic N) is 3. The zero-order valence-electron chi connectivity index (χ0n) is 10.7. The van der Waals surface area contributed by atoms with Gasteiger partial charge in [-0.3, -0.25) is 4.79 Å². The van der Waals surface area contributed by atoms with Crippen LogP contribution in [0.25, 0.3) is 0 Å². The summed E-state index contributed by atoms with van der Waals surface area (Å²) < 4.78 is 0. The van der Waals surface area contributed by atoms with E-state index in [2.05, 4.69) is 4.98 Å². The van der Waals surface area contributed by atoms with E-state index in [1.165, 1.54) is 4.90 Å². The lowest BCUT2D eigenvalue weighted by molar-refractivity contribution is -0.127. The van der Waals surface area contributed by atoms with Gasteiger partial charge in [-0.2, -0.15) is 0 Å². The van der Waals surface area contributed by atoms with Gasteiger partial charge in [0.05, 0.1) is 12.6 Å². The van der Waals surface area contributed by atoms with E-state index in [4.69, 9.17) is 0 Å². The van der Waals surface area contributed by atoms with Crippen molar-refractivity contribution in [3.8, 4) is 0 Å². The van der Waals surface area contributed by atoms with E-state index in [0.717, 1.165) is 5.56 Å². The number of anilines is 1. The maximum Gasteiger partial charge on any atom is 0.241 e. The Morgan fingerprint density at radius 1 is 1.47 bits per heavy atom. The third kappa shape index (κ3) is 3.71. The number of carbonyl (C=O) groups excluding carboxylic acids is 1. The number of amides is 1. The predicted octanol–water partition coefficient (Wildman–Crippen LogP) is 0.659. The average molecular weight is 237 g/mol. The van der Waals surface area contributed by atoms with Gasteiger partial charge in [-0.05, 0) is 24.6 Å². The summed E-state index contributed by atoms with van der Waals surface area (Å²) in [5, 5.41) is 9.48. The summed E-state index contributed by atoms with van der Waals surface area (Å²) in [7, 11) is 5.24. The minimum atomic E-state index is -0.533. The number of aliphatic hydroxyl groups is 1. The smallest absolute Gasteiger partial charge is 0.241 e. The third-order valence-electron chi connectivity index (χ3n) is 2.51. The van der Waals surface area contributed by atoms with Gasteiger partial charge >= 0.3 is 0 Å². The molecule has 5 nitrogen and oxygen atoms in total. The molecule has 0 aromatic carbocycles. The zero-order chi connectivity index (χ0) is 13.0. The molecule has 1 N–H and O–H groups in total. The van der Waals surface area contributed by atoms with Gasteiger partial charge in [0, 0.05) is 27.3 Å². The number of aromatic nitrogens is 1. The fourth-order valence-corrected chi connectivity index (χ4v) is 1.33. The Bertz CT molecular complexity index is 391. The number of rotatable bonds is 4. The second-order valence-electron chi connectivity index (χ2n) is 4.27. The molecule has 0 unspecified atom stereocenters. The van der Waals surface area contributed by atoms with E-state index < -0.39 is 6.10 Å². The van der Waals surface area contributed by atoms with Gasteiger partial charge in [0.2, 0.25) is 5.91 Å². The van der Waals surface area contributed by atoms with Gasteiger partial charge in [0.1, 0.15) is 5.82 Å². The van der Waals surface area contributed by atoms with Crippen molar-refractivity contribution in [2.24, 2.45) is 0 Å². The quantitative estimate of drug-likeness (QED) is 0.835. The normalized spacial score (nSPS) is 12.1. The van der Waals surface area contributed by atoms with Crippen molar-refractivity contribution in [3.63, 3.8) is 0 Å². The van der Waals surface area contributed by atoms with E-state index in [1.54, 1.807) is 51.3 Å². The van der Waals surface area contributed by atoms with Gasteiger partial charge in [-0.25, -0.2) is 4.98 Å². The minimum absolute atomic E-state index is 0.0109. The first-order chi connectivity index (χ1) is 7.91. The number of hydrogen-bond acceptors (Lipinski definition) is 4. The van der Waals surface area contributed by atoms with Crippen LogP contribution in [-0.2, 0) is 4.79 Å². The molecule has 0 bridgehead atoms. The van der Waals surface area contributed by atoms with Gasteiger partial charge in [-0.15, -0.1) is 0 Å². The van der Waals surface area contributed by atoms with E-state index >= 15 is 0 Å². The lowest BCUT2D eigenvalue weighted by Gasteiger charge is -2.20. The minimum Gasteiger partial charge on any atom is -0.389 e. The molecule has 94 valence electrons. The van der Waals surface area contributed by atoms with E-state index in [9.17, 15) is 9.90 Å². The van der Waals surface area contributed by atoms with Crippen LogP contribution in [0, 0.1) is 0 Å². The van der Waals surface area contributed by atoms with Crippen molar-refractivity contribution in [1.29, 1.82) is 0 Å². The summed E-state index contributed by atoms with van der Waals surface area (Å²) in [6.07, 6.45) is 1.10. The van der Waals surface area contributed by atoms with Crippen LogP contribution >= 0.6 is 0 Å². The monoisotopic (exact) mass is 237 g/mol. The highest BCUT2D eigenvalue weighted by molar-refractivity contribution is 5.80. The fraction of sp³-hybridized carbons (Fsp3) is 0.500. The molecule has 0 fully saturated rings. The average Bonchev–Trinajstić information content (AvgIpc) is 2.28. The summed E-state index contributed by atoms with van der Waals surface area (Å²) in [5.74, 6) is 0.690. The molecule has 17 heavy (non-hydrogen) atoms. The third-order valence-corrected chi connectivity index (χ3v) is 2.51. The standard InChI is InChI=1S/C12H19N3O2/c1-9(16)10-5-6-13-11(7-10)15(4)8-12(17)14(2)3/h5-7,9,16H,8H2,1-4H3/t9-/m0/s1. The molecule has 1 aromatic heterocycles. The topological polar surface area (TPSA) is 56.7 Å². The molecule has 1 atom stereocenters. The van der Waals surface area contributed by atoms with Crippen molar-refractivity contribution in [2.45, 2.75) is 13.0 Å². The van der Waals surface area contributed by atoms with Crippen LogP contribution in [0.15, 0.2) is 18.3 Å². The van der Waals surface area contributed by atoms with E-state index in [0.29, 0.717) is 5.82 Å². The largest absolute Gasteiger partial charge is 0.389 e. The van der Waals surface area contributed by atoms with Crippen LogP contribution in [0.3, 0.4) is 0 Å². The van der Waals surface area contributed by atoms with Gasteiger partial charge in [-0.1, -0.05) is 0 Å². The predicted molar refractivity (Wildman–Crippen MR) is 66.8 cm³/mol. The maximum absolute atomic E-state index is 11.6. The number of hydrogen-bond donors (Lipinski definition) is 1. The summed E-state index contributed by atoms with van der Waals surface area (Å²) in [6, 6.07) is 3.55. The molecule has 0 saturated heterocycles. The molecule has 0 aliphatic heterocycles. The maximum atomic E-state index is 11.6. The van der Waals surface area contributed by atoms with Crippen LogP contribution in [0.4, 0.5) is 5.82 Å². The lowest BCUT2D eigenvalue weighted by Crippen LogP contribution is -2.34. The summed E-state index contributed by atoms with van der Waals surface area (Å²) in [6.45, 7) is 1.97. The highest BCUT2D eigenvalue weighted by atomic mass is 16.3. The number of pyridine rings is 1. The second-order valence-corrected chi connectivity index (χ2v) is 4.27. The van der Waals surface area contributed by atoms with Gasteiger partial charge < -0.3 is 14.9 Å². The molecular weight excluding hydrogens is 218 g/mol. The first-order valence-electron chi connectivity index (χ1n) is 5.47. The molecule has 0 spiro atoms. The Morgan fingerprint density at radius 2 is 2.12 bits per heavy atom.